The van der Waals surface area contributed by atoms with Crippen LogP contribution in [0.2, 0.25) is 0 Å². The molecule has 0 bridgehead atoms. The average Bonchev–Trinajstić information content (AvgIpc) is 3.69. The summed E-state index contributed by atoms with van der Waals surface area (Å²) in [6, 6.07) is 57.5. The number of fused-ring (bicyclic) bond motifs is 7. The summed E-state index contributed by atoms with van der Waals surface area (Å²) >= 11 is 1.76. The largest absolute Gasteiger partial charge is 0.309 e. The van der Waals surface area contributed by atoms with Gasteiger partial charge in [-0.25, -0.2) is 0 Å². The first-order valence-electron chi connectivity index (χ1n) is 17.3. The molecule has 2 nitrogen and oxygen atoms in total. The minimum Gasteiger partial charge on any atom is -0.309 e. The van der Waals surface area contributed by atoms with Gasteiger partial charge in [-0.05, 0) is 81.8 Å². The molecular weight excluding hydrogens is 637 g/mol. The molecule has 0 saturated carbocycles. The van der Waals surface area contributed by atoms with E-state index < -0.39 is 0 Å². The lowest BCUT2D eigenvalue weighted by Gasteiger charge is -2.19. The van der Waals surface area contributed by atoms with E-state index in [0.717, 1.165) is 11.3 Å². The number of benzene rings is 7. The van der Waals surface area contributed by atoms with Crippen LogP contribution in [0.25, 0.3) is 82.8 Å². The Labute approximate surface area is 300 Å². The number of nitrogens with zero attached hydrogens (tertiary/aromatic N) is 2. The molecule has 1 aliphatic heterocycles. The summed E-state index contributed by atoms with van der Waals surface area (Å²) in [6.45, 7) is 4.40. The van der Waals surface area contributed by atoms with Crippen LogP contribution in [0, 0.1) is 0 Å². The molecule has 10 rings (SSSR count). The van der Waals surface area contributed by atoms with Gasteiger partial charge in [0, 0.05) is 37.7 Å². The number of rotatable bonds is 4. The van der Waals surface area contributed by atoms with Crippen LogP contribution in [-0.2, 0) is 0 Å². The monoisotopic (exact) mass is 668 g/mol. The van der Waals surface area contributed by atoms with E-state index in [-0.39, 0.29) is 0 Å². The van der Waals surface area contributed by atoms with Crippen molar-refractivity contribution >= 4 is 60.9 Å². The lowest BCUT2D eigenvalue weighted by Crippen LogP contribution is -1.99. The summed E-state index contributed by atoms with van der Waals surface area (Å²) in [7, 11) is 0. The molecule has 9 aromatic rings. The van der Waals surface area contributed by atoms with Gasteiger partial charge in [0.25, 0.3) is 0 Å². The predicted molar refractivity (Wildman–Crippen MR) is 219 cm³/mol. The van der Waals surface area contributed by atoms with Crippen LogP contribution in [0.15, 0.2) is 193 Å². The highest BCUT2D eigenvalue weighted by atomic mass is 32.2. The second-order valence-electron chi connectivity index (χ2n) is 13.0. The van der Waals surface area contributed by atoms with E-state index in [1.54, 1.807) is 11.8 Å². The second kappa shape index (κ2) is 11.9. The summed E-state index contributed by atoms with van der Waals surface area (Å²) in [5, 5.41) is 7.15. The quantitative estimate of drug-likeness (QED) is 0.181. The predicted octanol–water partition coefficient (Wildman–Crippen LogP) is 13.4. The summed E-state index contributed by atoms with van der Waals surface area (Å²) in [5.74, 6) is 0. The van der Waals surface area contributed by atoms with Gasteiger partial charge in [-0.2, -0.15) is 0 Å². The van der Waals surface area contributed by atoms with Crippen molar-refractivity contribution in [1.82, 2.24) is 9.13 Å². The van der Waals surface area contributed by atoms with Gasteiger partial charge in [-0.3, -0.25) is 0 Å². The first-order chi connectivity index (χ1) is 25.2. The lowest BCUT2D eigenvalue weighted by atomic mass is 9.97. The van der Waals surface area contributed by atoms with Crippen LogP contribution in [-0.4, -0.2) is 9.13 Å². The number of aromatic nitrogens is 2. The van der Waals surface area contributed by atoms with Crippen LogP contribution < -0.4 is 0 Å². The molecule has 0 spiro atoms. The minimum absolute atomic E-state index is 1.02. The van der Waals surface area contributed by atoms with Crippen molar-refractivity contribution in [1.29, 1.82) is 0 Å². The topological polar surface area (TPSA) is 9.86 Å². The van der Waals surface area contributed by atoms with Crippen LogP contribution >= 0.6 is 11.8 Å². The van der Waals surface area contributed by atoms with Crippen molar-refractivity contribution in [2.45, 2.75) is 4.90 Å². The number of hydrogen-bond donors (Lipinski definition) is 0. The first kappa shape index (κ1) is 29.6. The van der Waals surface area contributed by atoms with E-state index in [0.29, 0.717) is 0 Å². The van der Waals surface area contributed by atoms with Crippen molar-refractivity contribution in [2.75, 3.05) is 0 Å². The first-order valence-corrected chi connectivity index (χ1v) is 18.2. The van der Waals surface area contributed by atoms with Gasteiger partial charge in [0.15, 0.2) is 0 Å². The zero-order chi connectivity index (χ0) is 33.9. The van der Waals surface area contributed by atoms with Crippen molar-refractivity contribution in [3.63, 3.8) is 0 Å². The van der Waals surface area contributed by atoms with Crippen LogP contribution in [0.3, 0.4) is 0 Å². The van der Waals surface area contributed by atoms with Crippen molar-refractivity contribution in [3.8, 4) is 33.6 Å². The summed E-state index contributed by atoms with van der Waals surface area (Å²) < 4.78 is 4.83. The van der Waals surface area contributed by atoms with Crippen molar-refractivity contribution in [3.05, 3.63) is 194 Å². The fourth-order valence-corrected chi connectivity index (χ4v) is 8.79. The lowest BCUT2D eigenvalue weighted by molar-refractivity contribution is 1.18. The zero-order valence-electron chi connectivity index (χ0n) is 27.8. The SMILES string of the molecule is C=C1/C=C\C=C/Sc2c1cccc2-c1ccccc1-n1c2ccccc2c2ccc(-c3ccc4c(c3)c3ccccc3n4-c3ccccc3)cc21. The maximum atomic E-state index is 4.40. The van der Waals surface area contributed by atoms with Gasteiger partial charge in [-0.15, -0.1) is 0 Å². The van der Waals surface area contributed by atoms with E-state index in [1.165, 1.54) is 82.0 Å². The Bertz CT molecular complexity index is 2900. The third kappa shape index (κ3) is 4.74. The molecule has 1 aliphatic rings. The number of hydrogen-bond acceptors (Lipinski definition) is 1. The highest BCUT2D eigenvalue weighted by Crippen LogP contribution is 2.43. The standard InChI is InChI=1S/C48H32N2S/c1-32-14-11-12-29-51-48-36(32)20-13-21-41(48)38-18-6-10-24-45(38)50-44-23-9-5-17-37(44)40-27-25-34(31-47(40)50)33-26-28-46-42(30-33)39-19-7-8-22-43(39)49(46)35-15-3-2-4-16-35/h2-31H,1H2/b14-11-,29-12-. The molecule has 3 heteroatoms. The van der Waals surface area contributed by atoms with Gasteiger partial charge in [0.05, 0.1) is 27.8 Å². The average molecular weight is 669 g/mol. The molecule has 0 radical (unpaired) electrons. The number of para-hydroxylation sites is 4. The summed E-state index contributed by atoms with van der Waals surface area (Å²) in [4.78, 5) is 1.22. The minimum atomic E-state index is 1.02. The summed E-state index contributed by atoms with van der Waals surface area (Å²) in [6.07, 6.45) is 6.25. The molecule has 7 aromatic carbocycles. The zero-order valence-corrected chi connectivity index (χ0v) is 28.6. The van der Waals surface area contributed by atoms with Gasteiger partial charge in [0.1, 0.15) is 0 Å². The smallest absolute Gasteiger partial charge is 0.0547 e. The molecule has 240 valence electrons. The Hall–Kier alpha value is -6.29. The highest BCUT2D eigenvalue weighted by Gasteiger charge is 2.20. The third-order valence-electron chi connectivity index (χ3n) is 10.2. The Kier molecular flexibility index (Phi) is 6.93. The Morgan fingerprint density at radius 1 is 0.431 bits per heavy atom. The molecule has 0 unspecified atom stereocenters. The Morgan fingerprint density at radius 3 is 1.92 bits per heavy atom. The fraction of sp³-hybridized carbons (Fsp3) is 0. The third-order valence-corrected chi connectivity index (χ3v) is 11.1. The molecule has 2 aromatic heterocycles. The van der Waals surface area contributed by atoms with Gasteiger partial charge >= 0.3 is 0 Å². The Balaban J connectivity index is 1.20. The molecule has 0 N–H and O–H groups in total. The van der Waals surface area contributed by atoms with Gasteiger partial charge < -0.3 is 9.13 Å². The van der Waals surface area contributed by atoms with E-state index in [2.05, 4.69) is 197 Å². The molecule has 0 aliphatic carbocycles. The molecule has 0 atom stereocenters. The van der Waals surface area contributed by atoms with E-state index in [9.17, 15) is 0 Å². The molecule has 3 heterocycles. The molecule has 51 heavy (non-hydrogen) atoms. The van der Waals surface area contributed by atoms with E-state index in [1.807, 2.05) is 0 Å². The highest BCUT2D eigenvalue weighted by molar-refractivity contribution is 8.02. The molecule has 0 fully saturated rings. The normalized spacial score (nSPS) is 14.2. The van der Waals surface area contributed by atoms with Crippen LogP contribution in [0.5, 0.6) is 0 Å². The maximum absolute atomic E-state index is 4.40. The Morgan fingerprint density at radius 2 is 1.06 bits per heavy atom. The molecular formula is C48H32N2S. The van der Waals surface area contributed by atoms with Crippen LogP contribution in [0.4, 0.5) is 0 Å². The van der Waals surface area contributed by atoms with Gasteiger partial charge in [0.2, 0.25) is 0 Å². The fourth-order valence-electron chi connectivity index (χ4n) is 7.86. The number of thioether (sulfide) groups is 1. The summed E-state index contributed by atoms with van der Waals surface area (Å²) in [5.41, 5.74) is 14.1. The second-order valence-corrected chi connectivity index (χ2v) is 14.0. The van der Waals surface area contributed by atoms with E-state index >= 15 is 0 Å². The molecule has 0 saturated heterocycles. The van der Waals surface area contributed by atoms with Crippen molar-refractivity contribution < 1.29 is 0 Å². The number of allylic oxidation sites excluding steroid dienone is 4. The van der Waals surface area contributed by atoms with Gasteiger partial charge in [-0.1, -0.05) is 146 Å². The van der Waals surface area contributed by atoms with Crippen molar-refractivity contribution in [2.24, 2.45) is 0 Å². The maximum Gasteiger partial charge on any atom is 0.0547 e. The van der Waals surface area contributed by atoms with Crippen LogP contribution in [0.1, 0.15) is 5.56 Å². The molecule has 0 amide bonds. The van der Waals surface area contributed by atoms with E-state index in [4.69, 9.17) is 0 Å².